The Morgan fingerprint density at radius 3 is 2.27 bits per heavy atom. The van der Waals surface area contributed by atoms with Crippen LogP contribution in [-0.4, -0.2) is 64.0 Å². The second-order valence-electron chi connectivity index (χ2n) is 7.05. The maximum absolute atomic E-state index is 12.2. The Labute approximate surface area is 155 Å². The molecule has 0 unspecified atom stereocenters. The van der Waals surface area contributed by atoms with E-state index in [4.69, 9.17) is 4.74 Å². The van der Waals surface area contributed by atoms with Crippen molar-refractivity contribution < 1.29 is 17.9 Å². The Balaban J connectivity index is 1.44. The Hall–Kier alpha value is -1.64. The minimum absolute atomic E-state index is 0.168. The number of amides is 2. The summed E-state index contributed by atoms with van der Waals surface area (Å²) in [4.78, 5) is 14.9. The van der Waals surface area contributed by atoms with Gasteiger partial charge in [0.2, 0.25) is 0 Å². The highest BCUT2D eigenvalue weighted by molar-refractivity contribution is 7.90. The van der Waals surface area contributed by atoms with E-state index in [0.717, 1.165) is 58.2 Å². The maximum Gasteiger partial charge on any atom is 0.319 e. The van der Waals surface area contributed by atoms with Gasteiger partial charge in [-0.05, 0) is 49.9 Å². The third kappa shape index (κ3) is 5.18. The predicted molar refractivity (Wildman–Crippen MR) is 100 cm³/mol. The van der Waals surface area contributed by atoms with E-state index < -0.39 is 9.84 Å². The van der Waals surface area contributed by atoms with E-state index in [0.29, 0.717) is 11.7 Å². The Bertz CT molecular complexity index is 706. The van der Waals surface area contributed by atoms with Gasteiger partial charge >= 0.3 is 6.03 Å². The van der Waals surface area contributed by atoms with E-state index >= 15 is 0 Å². The van der Waals surface area contributed by atoms with Crippen molar-refractivity contribution in [3.05, 3.63) is 24.3 Å². The van der Waals surface area contributed by atoms with Gasteiger partial charge in [-0.2, -0.15) is 0 Å². The third-order valence-corrected chi connectivity index (χ3v) is 6.24. The standard InChI is InChI=1S/C18H27N3O4S/c1-26(23,24)17-4-2-14(3-5-17)19-18(22)20-15-6-10-21(11-7-15)16-8-12-25-13-9-16/h2-5,15-16H,6-13H2,1H3,(H2,19,20,22). The molecule has 7 nitrogen and oxygen atoms in total. The monoisotopic (exact) mass is 381 g/mol. The van der Waals surface area contributed by atoms with Crippen LogP contribution < -0.4 is 10.6 Å². The molecule has 2 fully saturated rings. The summed E-state index contributed by atoms with van der Waals surface area (Å²) in [5.74, 6) is 0. The number of nitrogens with one attached hydrogen (secondary N) is 2. The van der Waals surface area contributed by atoms with Crippen LogP contribution in [0.4, 0.5) is 10.5 Å². The van der Waals surface area contributed by atoms with Crippen LogP contribution in [0.3, 0.4) is 0 Å². The SMILES string of the molecule is CS(=O)(=O)c1ccc(NC(=O)NC2CCN(C3CCOCC3)CC2)cc1. The van der Waals surface area contributed by atoms with Crippen molar-refractivity contribution in [3.63, 3.8) is 0 Å². The molecule has 0 spiro atoms. The summed E-state index contributed by atoms with van der Waals surface area (Å²) in [7, 11) is -3.23. The first-order valence-corrected chi connectivity index (χ1v) is 11.0. The average molecular weight is 381 g/mol. The number of nitrogens with zero attached hydrogens (tertiary/aromatic N) is 1. The molecule has 1 aromatic carbocycles. The number of benzene rings is 1. The molecule has 0 atom stereocenters. The molecule has 8 heteroatoms. The molecular formula is C18H27N3O4S. The Kier molecular flexibility index (Phi) is 6.16. The number of ether oxygens (including phenoxy) is 1. The van der Waals surface area contributed by atoms with Gasteiger partial charge in [0, 0.05) is 50.3 Å². The molecule has 26 heavy (non-hydrogen) atoms. The number of likely N-dealkylation sites (tertiary alicyclic amines) is 1. The zero-order valence-electron chi connectivity index (χ0n) is 15.1. The minimum Gasteiger partial charge on any atom is -0.381 e. The van der Waals surface area contributed by atoms with Crippen LogP contribution in [0.2, 0.25) is 0 Å². The van der Waals surface area contributed by atoms with Gasteiger partial charge in [-0.3, -0.25) is 0 Å². The topological polar surface area (TPSA) is 87.7 Å². The molecule has 2 heterocycles. The van der Waals surface area contributed by atoms with Gasteiger partial charge in [0.25, 0.3) is 0 Å². The lowest BCUT2D eigenvalue weighted by Crippen LogP contribution is -2.49. The van der Waals surface area contributed by atoms with E-state index in [-0.39, 0.29) is 17.0 Å². The second kappa shape index (κ2) is 8.37. The van der Waals surface area contributed by atoms with E-state index in [2.05, 4.69) is 15.5 Å². The molecule has 2 N–H and O–H groups in total. The van der Waals surface area contributed by atoms with Crippen molar-refractivity contribution in [1.29, 1.82) is 0 Å². The number of piperidine rings is 1. The fraction of sp³-hybridized carbons (Fsp3) is 0.611. The van der Waals surface area contributed by atoms with Crippen molar-refractivity contribution in [2.75, 3.05) is 37.9 Å². The average Bonchev–Trinajstić information content (AvgIpc) is 2.63. The highest BCUT2D eigenvalue weighted by atomic mass is 32.2. The van der Waals surface area contributed by atoms with Crippen LogP contribution in [0.5, 0.6) is 0 Å². The third-order valence-electron chi connectivity index (χ3n) is 5.11. The molecule has 0 aromatic heterocycles. The highest BCUT2D eigenvalue weighted by Gasteiger charge is 2.27. The fourth-order valence-corrected chi connectivity index (χ4v) is 4.23. The Morgan fingerprint density at radius 2 is 1.69 bits per heavy atom. The normalized spacial score (nSPS) is 20.7. The van der Waals surface area contributed by atoms with E-state index in [1.165, 1.54) is 12.1 Å². The van der Waals surface area contributed by atoms with Gasteiger partial charge in [0.05, 0.1) is 4.90 Å². The maximum atomic E-state index is 12.2. The molecule has 2 aliphatic rings. The summed E-state index contributed by atoms with van der Waals surface area (Å²) in [6.07, 6.45) is 5.24. The molecule has 2 saturated heterocycles. The van der Waals surface area contributed by atoms with Crippen LogP contribution in [0.25, 0.3) is 0 Å². The quantitative estimate of drug-likeness (QED) is 0.831. The van der Waals surface area contributed by atoms with Gasteiger partial charge in [-0.25, -0.2) is 13.2 Å². The summed E-state index contributed by atoms with van der Waals surface area (Å²) >= 11 is 0. The van der Waals surface area contributed by atoms with Crippen LogP contribution in [0.15, 0.2) is 29.2 Å². The molecule has 0 bridgehead atoms. The number of carbonyl (C=O) groups excluding carboxylic acids is 1. The van der Waals surface area contributed by atoms with Gasteiger partial charge in [0.15, 0.2) is 9.84 Å². The second-order valence-corrected chi connectivity index (χ2v) is 9.06. The number of sulfone groups is 1. The van der Waals surface area contributed by atoms with Crippen LogP contribution in [0, 0.1) is 0 Å². The largest absolute Gasteiger partial charge is 0.381 e. The number of anilines is 1. The highest BCUT2D eigenvalue weighted by Crippen LogP contribution is 2.20. The molecule has 144 valence electrons. The number of hydrogen-bond acceptors (Lipinski definition) is 5. The zero-order chi connectivity index (χ0) is 18.6. The van der Waals surface area contributed by atoms with Crippen molar-refractivity contribution >= 4 is 21.6 Å². The lowest BCUT2D eigenvalue weighted by molar-refractivity contribution is 0.0244. The number of hydrogen-bond donors (Lipinski definition) is 2. The van der Waals surface area contributed by atoms with Crippen LogP contribution >= 0.6 is 0 Å². The van der Waals surface area contributed by atoms with Crippen molar-refractivity contribution in [2.45, 2.75) is 42.7 Å². The minimum atomic E-state index is -3.23. The predicted octanol–water partition coefficient (Wildman–Crippen LogP) is 1.85. The molecule has 2 amide bonds. The molecule has 0 saturated carbocycles. The molecule has 1 aromatic rings. The fourth-order valence-electron chi connectivity index (χ4n) is 3.60. The first-order chi connectivity index (χ1) is 12.4. The number of urea groups is 1. The van der Waals surface area contributed by atoms with Gasteiger partial charge < -0.3 is 20.3 Å². The summed E-state index contributed by atoms with van der Waals surface area (Å²) in [6.45, 7) is 3.70. The summed E-state index contributed by atoms with van der Waals surface area (Å²) in [6, 6.07) is 6.73. The van der Waals surface area contributed by atoms with Crippen LogP contribution in [-0.2, 0) is 14.6 Å². The summed E-state index contributed by atoms with van der Waals surface area (Å²) in [5, 5.41) is 5.78. The zero-order valence-corrected chi connectivity index (χ0v) is 15.9. The summed E-state index contributed by atoms with van der Waals surface area (Å²) < 4.78 is 28.3. The van der Waals surface area contributed by atoms with E-state index in [1.807, 2.05) is 0 Å². The lowest BCUT2D eigenvalue weighted by atomic mass is 10.00. The lowest BCUT2D eigenvalue weighted by Gasteiger charge is -2.39. The van der Waals surface area contributed by atoms with Gasteiger partial charge in [-0.15, -0.1) is 0 Å². The van der Waals surface area contributed by atoms with Gasteiger partial charge in [0.1, 0.15) is 0 Å². The van der Waals surface area contributed by atoms with Gasteiger partial charge in [-0.1, -0.05) is 0 Å². The van der Waals surface area contributed by atoms with Crippen molar-refractivity contribution in [2.24, 2.45) is 0 Å². The summed E-state index contributed by atoms with van der Waals surface area (Å²) in [5.41, 5.74) is 0.578. The first kappa shape index (κ1) is 19.1. The van der Waals surface area contributed by atoms with Crippen molar-refractivity contribution in [3.8, 4) is 0 Å². The number of carbonyl (C=O) groups is 1. The number of rotatable bonds is 4. The van der Waals surface area contributed by atoms with E-state index in [9.17, 15) is 13.2 Å². The molecule has 0 aliphatic carbocycles. The Morgan fingerprint density at radius 1 is 1.08 bits per heavy atom. The van der Waals surface area contributed by atoms with Crippen molar-refractivity contribution in [1.82, 2.24) is 10.2 Å². The molecule has 0 radical (unpaired) electrons. The van der Waals surface area contributed by atoms with Crippen LogP contribution in [0.1, 0.15) is 25.7 Å². The molecule has 2 aliphatic heterocycles. The molecular weight excluding hydrogens is 354 g/mol. The van der Waals surface area contributed by atoms with E-state index in [1.54, 1.807) is 12.1 Å². The smallest absolute Gasteiger partial charge is 0.319 e. The molecule has 3 rings (SSSR count). The first-order valence-electron chi connectivity index (χ1n) is 9.11.